The lowest BCUT2D eigenvalue weighted by atomic mass is 9.77. The van der Waals surface area contributed by atoms with Crippen LogP contribution < -0.4 is 5.32 Å². The van der Waals surface area contributed by atoms with Crippen LogP contribution in [-0.4, -0.2) is 63.7 Å². The van der Waals surface area contributed by atoms with Gasteiger partial charge >= 0.3 is 0 Å². The average Bonchev–Trinajstić information content (AvgIpc) is 3.02. The van der Waals surface area contributed by atoms with Gasteiger partial charge in [0, 0.05) is 31.5 Å². The highest BCUT2D eigenvalue weighted by molar-refractivity contribution is 7.09. The van der Waals surface area contributed by atoms with E-state index in [9.17, 15) is 14.7 Å². The lowest BCUT2D eigenvalue weighted by Crippen LogP contribution is -2.63. The van der Waals surface area contributed by atoms with Crippen molar-refractivity contribution in [3.63, 3.8) is 0 Å². The fourth-order valence-electron chi connectivity index (χ4n) is 3.70. The van der Waals surface area contributed by atoms with Crippen molar-refractivity contribution in [2.24, 2.45) is 0 Å². The zero-order chi connectivity index (χ0) is 19.7. The van der Waals surface area contributed by atoms with Gasteiger partial charge in [0.25, 0.3) is 0 Å². The topological polar surface area (TPSA) is 91.8 Å². The zero-order valence-electron chi connectivity index (χ0n) is 16.0. The molecular weight excluding hydrogens is 366 g/mol. The number of nitrogens with zero attached hydrogens (tertiary/aromatic N) is 2. The van der Waals surface area contributed by atoms with Crippen molar-refractivity contribution in [2.45, 2.75) is 57.3 Å². The second kappa shape index (κ2) is 7.69. The van der Waals surface area contributed by atoms with E-state index >= 15 is 0 Å². The van der Waals surface area contributed by atoms with Gasteiger partial charge in [0.15, 0.2) is 0 Å². The van der Waals surface area contributed by atoms with E-state index in [1.54, 1.807) is 30.4 Å². The van der Waals surface area contributed by atoms with Crippen molar-refractivity contribution in [3.05, 3.63) is 22.2 Å². The first-order valence-electron chi connectivity index (χ1n) is 9.22. The van der Waals surface area contributed by atoms with Crippen LogP contribution in [0.4, 0.5) is 0 Å². The predicted octanol–water partition coefficient (Wildman–Crippen LogP) is 1.50. The molecule has 3 rings (SSSR count). The maximum Gasteiger partial charge on any atom is 0.246 e. The lowest BCUT2D eigenvalue weighted by molar-refractivity contribution is -0.193. The van der Waals surface area contributed by atoms with E-state index < -0.39 is 11.2 Å². The summed E-state index contributed by atoms with van der Waals surface area (Å²) in [6, 6.07) is -0.348. The number of carbonyl (C=O) groups is 2. The van der Waals surface area contributed by atoms with Gasteiger partial charge < -0.3 is 20.1 Å². The number of aliphatic hydroxyl groups is 1. The Hall–Kier alpha value is -1.77. The number of amides is 2. The minimum absolute atomic E-state index is 0.0308. The van der Waals surface area contributed by atoms with Crippen molar-refractivity contribution >= 4 is 29.2 Å². The van der Waals surface area contributed by atoms with Crippen LogP contribution in [0, 0.1) is 6.92 Å². The molecule has 2 aliphatic heterocycles. The number of thiazole rings is 1. The van der Waals surface area contributed by atoms with E-state index in [0.717, 1.165) is 10.7 Å². The van der Waals surface area contributed by atoms with Gasteiger partial charge in [-0.25, -0.2) is 4.98 Å². The molecule has 0 aromatic carbocycles. The summed E-state index contributed by atoms with van der Waals surface area (Å²) in [5, 5.41) is 16.2. The van der Waals surface area contributed by atoms with Crippen molar-refractivity contribution in [3.8, 4) is 0 Å². The highest BCUT2D eigenvalue weighted by atomic mass is 32.1. The van der Waals surface area contributed by atoms with Crippen molar-refractivity contribution in [2.75, 3.05) is 19.7 Å². The molecular formula is C19H27N3O4S. The molecule has 1 aromatic rings. The Morgan fingerprint density at radius 3 is 2.74 bits per heavy atom. The van der Waals surface area contributed by atoms with E-state index in [1.807, 2.05) is 17.2 Å². The summed E-state index contributed by atoms with van der Waals surface area (Å²) in [5.74, 6) is -0.191. The molecule has 2 fully saturated rings. The molecule has 27 heavy (non-hydrogen) atoms. The molecule has 8 heteroatoms. The lowest BCUT2D eigenvalue weighted by Gasteiger charge is -2.50. The largest absolute Gasteiger partial charge is 0.386 e. The highest BCUT2D eigenvalue weighted by Crippen LogP contribution is 2.38. The Kier molecular flexibility index (Phi) is 5.69. The molecule has 0 aliphatic carbocycles. The normalized spacial score (nSPS) is 27.9. The molecule has 0 radical (unpaired) electrons. The van der Waals surface area contributed by atoms with Crippen LogP contribution in [0.2, 0.25) is 0 Å². The Bertz CT molecular complexity index is 735. The quantitative estimate of drug-likeness (QED) is 0.760. The molecule has 0 unspecified atom stereocenters. The summed E-state index contributed by atoms with van der Waals surface area (Å²) in [6.07, 6.45) is 5.25. The Morgan fingerprint density at radius 1 is 1.44 bits per heavy atom. The average molecular weight is 394 g/mol. The molecule has 1 aromatic heterocycles. The van der Waals surface area contributed by atoms with Crippen molar-refractivity contribution in [1.82, 2.24) is 15.2 Å². The fourth-order valence-corrected chi connectivity index (χ4v) is 4.29. The standard InChI is InChI=1S/C19H27N3O4S/c1-13(23)20-16-10-19(26-12-18(16,3)25)6-8-22(9-7-19)17(24)5-4-15-11-27-14(2)21-15/h4-5,11,16,25H,6-10,12H2,1-3H3,(H,20,23)/t16-,18-/m0/s1. The molecule has 0 saturated carbocycles. The first kappa shape index (κ1) is 20.0. The molecule has 0 bridgehead atoms. The third kappa shape index (κ3) is 4.75. The fraction of sp³-hybridized carbons (Fsp3) is 0.632. The molecule has 2 saturated heterocycles. The van der Waals surface area contributed by atoms with Gasteiger partial charge in [-0.2, -0.15) is 0 Å². The predicted molar refractivity (Wildman–Crippen MR) is 103 cm³/mol. The first-order chi connectivity index (χ1) is 12.7. The maximum atomic E-state index is 12.4. The number of nitrogens with one attached hydrogen (secondary N) is 1. The van der Waals surface area contributed by atoms with Gasteiger partial charge in [-0.05, 0) is 39.2 Å². The van der Waals surface area contributed by atoms with E-state index in [4.69, 9.17) is 4.74 Å². The molecule has 148 valence electrons. The van der Waals surface area contributed by atoms with Crippen LogP contribution in [-0.2, 0) is 14.3 Å². The van der Waals surface area contributed by atoms with Crippen LogP contribution in [0.1, 0.15) is 43.8 Å². The minimum atomic E-state index is -1.09. The third-order valence-corrected chi connectivity index (χ3v) is 6.19. The number of aromatic nitrogens is 1. The third-order valence-electron chi connectivity index (χ3n) is 5.39. The van der Waals surface area contributed by atoms with Crippen molar-refractivity contribution in [1.29, 1.82) is 0 Å². The van der Waals surface area contributed by atoms with Crippen LogP contribution in [0.15, 0.2) is 11.5 Å². The van der Waals surface area contributed by atoms with Gasteiger partial charge in [-0.15, -0.1) is 11.3 Å². The Morgan fingerprint density at radius 2 is 2.15 bits per heavy atom. The first-order valence-corrected chi connectivity index (χ1v) is 10.1. The molecule has 3 heterocycles. The summed E-state index contributed by atoms with van der Waals surface area (Å²) < 4.78 is 6.03. The van der Waals surface area contributed by atoms with Crippen LogP contribution >= 0.6 is 11.3 Å². The highest BCUT2D eigenvalue weighted by Gasteiger charge is 2.48. The number of hydrogen-bond acceptors (Lipinski definition) is 6. The summed E-state index contributed by atoms with van der Waals surface area (Å²) >= 11 is 1.56. The Balaban J connectivity index is 1.58. The Labute approximate surface area is 163 Å². The number of likely N-dealkylation sites (tertiary alicyclic amines) is 1. The SMILES string of the molecule is CC(=O)N[C@H]1CC2(CCN(C(=O)C=Cc3csc(C)n3)CC2)OC[C@]1(C)O. The minimum Gasteiger partial charge on any atom is -0.386 e. The summed E-state index contributed by atoms with van der Waals surface area (Å²) in [5.41, 5.74) is -0.685. The molecule has 1 spiro atoms. The van der Waals surface area contributed by atoms with Gasteiger partial charge in [-0.3, -0.25) is 9.59 Å². The van der Waals surface area contributed by atoms with Crippen LogP contribution in [0.5, 0.6) is 0 Å². The number of ether oxygens (including phenoxy) is 1. The summed E-state index contributed by atoms with van der Waals surface area (Å²) in [6.45, 7) is 6.43. The molecule has 2 N–H and O–H groups in total. The van der Waals surface area contributed by atoms with E-state index in [1.165, 1.54) is 6.92 Å². The van der Waals surface area contributed by atoms with Crippen LogP contribution in [0.3, 0.4) is 0 Å². The second-order valence-electron chi connectivity index (χ2n) is 7.74. The van der Waals surface area contributed by atoms with Crippen molar-refractivity contribution < 1.29 is 19.4 Å². The monoisotopic (exact) mass is 393 g/mol. The van der Waals surface area contributed by atoms with E-state index in [2.05, 4.69) is 10.3 Å². The summed E-state index contributed by atoms with van der Waals surface area (Å²) in [7, 11) is 0. The molecule has 7 nitrogen and oxygen atoms in total. The van der Waals surface area contributed by atoms with E-state index in [-0.39, 0.29) is 24.5 Å². The zero-order valence-corrected chi connectivity index (χ0v) is 16.8. The van der Waals surface area contributed by atoms with Gasteiger partial charge in [0.1, 0.15) is 5.60 Å². The molecule has 2 amide bonds. The number of hydrogen-bond donors (Lipinski definition) is 2. The number of carbonyl (C=O) groups excluding carboxylic acids is 2. The second-order valence-corrected chi connectivity index (χ2v) is 8.80. The smallest absolute Gasteiger partial charge is 0.246 e. The summed E-state index contributed by atoms with van der Waals surface area (Å²) in [4.78, 5) is 30.0. The number of piperidine rings is 1. The van der Waals surface area contributed by atoms with Crippen LogP contribution in [0.25, 0.3) is 6.08 Å². The number of aryl methyl sites for hydroxylation is 1. The molecule has 2 aliphatic rings. The van der Waals surface area contributed by atoms with Gasteiger partial charge in [0.05, 0.1) is 29.0 Å². The number of rotatable bonds is 3. The van der Waals surface area contributed by atoms with E-state index in [0.29, 0.717) is 32.4 Å². The van der Waals surface area contributed by atoms with Gasteiger partial charge in [-0.1, -0.05) is 0 Å². The van der Waals surface area contributed by atoms with Gasteiger partial charge in [0.2, 0.25) is 11.8 Å². The maximum absolute atomic E-state index is 12.4. The molecule has 2 atom stereocenters.